The molecule has 0 aliphatic rings. The minimum absolute atomic E-state index is 0.310. The highest BCUT2D eigenvalue weighted by Crippen LogP contribution is 2.16. The van der Waals surface area contributed by atoms with E-state index in [0.29, 0.717) is 11.4 Å². The lowest BCUT2D eigenvalue weighted by molar-refractivity contribution is -0.120. The third kappa shape index (κ3) is 4.91. The molecule has 1 amide bonds. The molecule has 0 bridgehead atoms. The number of para-hydroxylation sites is 2. The smallest absolute Gasteiger partial charge is 0.244 e. The highest BCUT2D eigenvalue weighted by Gasteiger charge is 2.21. The topological polar surface area (TPSA) is 87.4 Å². The van der Waals surface area contributed by atoms with Gasteiger partial charge in [-0.2, -0.15) is 0 Å². The van der Waals surface area contributed by atoms with Gasteiger partial charge in [-0.25, -0.2) is 0 Å². The Kier molecular flexibility index (Phi) is 8.11. The third-order valence-electron chi connectivity index (χ3n) is 2.29. The van der Waals surface area contributed by atoms with E-state index in [1.54, 1.807) is 38.2 Å². The zero-order valence-electron chi connectivity index (χ0n) is 10.8. The van der Waals surface area contributed by atoms with Crippen LogP contribution < -0.4 is 16.4 Å². The van der Waals surface area contributed by atoms with E-state index in [1.807, 2.05) is 0 Å². The van der Waals surface area contributed by atoms with Crippen molar-refractivity contribution in [3.8, 4) is 0 Å². The Hall–Kier alpha value is -1.30. The zero-order valence-corrected chi connectivity index (χ0v) is 11.5. The summed E-state index contributed by atoms with van der Waals surface area (Å²) in [6, 6.07) is 6.33. The molecular weight excluding hydrogens is 254 g/mol. The van der Waals surface area contributed by atoms with Gasteiger partial charge in [-0.1, -0.05) is 12.1 Å². The average Bonchev–Trinajstić information content (AvgIpc) is 2.35. The van der Waals surface area contributed by atoms with Gasteiger partial charge < -0.3 is 21.5 Å². The van der Waals surface area contributed by atoms with Crippen LogP contribution in [0.4, 0.5) is 11.4 Å². The number of carbonyl (C=O) groups is 1. The number of carbonyl (C=O) groups excluding carboxylic acids is 1. The van der Waals surface area contributed by atoms with E-state index in [1.165, 1.54) is 6.38 Å². The van der Waals surface area contributed by atoms with E-state index in [4.69, 9.17) is 5.73 Å². The van der Waals surface area contributed by atoms with E-state index in [0.717, 1.165) is 0 Å². The van der Waals surface area contributed by atoms with Crippen molar-refractivity contribution in [1.29, 1.82) is 0 Å². The molecule has 2 atom stereocenters. The van der Waals surface area contributed by atoms with Crippen molar-refractivity contribution in [2.24, 2.45) is 0 Å². The second-order valence-electron chi connectivity index (χ2n) is 3.58. The lowest BCUT2D eigenvalue weighted by atomic mass is 10.1. The summed E-state index contributed by atoms with van der Waals surface area (Å²) in [7, 11) is 1.62. The van der Waals surface area contributed by atoms with Crippen molar-refractivity contribution in [3.63, 3.8) is 0 Å². The molecule has 0 aliphatic carbocycles. The Labute approximate surface area is 112 Å². The zero-order chi connectivity index (χ0) is 14.1. The molecule has 0 unspecified atom stereocenters. The van der Waals surface area contributed by atoms with Crippen LogP contribution in [-0.2, 0) is 4.79 Å². The van der Waals surface area contributed by atoms with Crippen LogP contribution in [0.3, 0.4) is 0 Å². The van der Waals surface area contributed by atoms with Gasteiger partial charge in [0.2, 0.25) is 5.91 Å². The SMILES string of the molecule is CCl.CN[C@H](C(=O)Nc1ccccc1N)[C@@H](C)O. The number of hydrogen-bond donors (Lipinski definition) is 4. The number of aliphatic hydroxyl groups is 1. The Balaban J connectivity index is 0.00000137. The number of nitrogens with one attached hydrogen (secondary N) is 2. The average molecular weight is 274 g/mol. The van der Waals surface area contributed by atoms with Gasteiger partial charge in [0.05, 0.1) is 17.5 Å². The molecule has 0 saturated heterocycles. The molecule has 0 aromatic heterocycles. The minimum atomic E-state index is -0.769. The maximum Gasteiger partial charge on any atom is 0.244 e. The van der Waals surface area contributed by atoms with Crippen molar-refractivity contribution in [2.75, 3.05) is 24.5 Å². The van der Waals surface area contributed by atoms with E-state index in [-0.39, 0.29) is 5.91 Å². The van der Waals surface area contributed by atoms with Gasteiger partial charge in [-0.3, -0.25) is 4.79 Å². The molecule has 5 nitrogen and oxygen atoms in total. The van der Waals surface area contributed by atoms with E-state index in [9.17, 15) is 9.90 Å². The van der Waals surface area contributed by atoms with Crippen molar-refractivity contribution < 1.29 is 9.90 Å². The first-order chi connectivity index (χ1) is 8.56. The highest BCUT2D eigenvalue weighted by atomic mass is 35.5. The summed E-state index contributed by atoms with van der Waals surface area (Å²) in [5, 5.41) is 14.8. The van der Waals surface area contributed by atoms with Gasteiger partial charge >= 0.3 is 0 Å². The fourth-order valence-corrected chi connectivity index (χ4v) is 1.41. The Morgan fingerprint density at radius 1 is 1.39 bits per heavy atom. The summed E-state index contributed by atoms with van der Waals surface area (Å²) in [6.45, 7) is 1.55. The molecule has 0 saturated carbocycles. The lowest BCUT2D eigenvalue weighted by Gasteiger charge is -2.19. The van der Waals surface area contributed by atoms with Crippen LogP contribution in [0.1, 0.15) is 6.92 Å². The van der Waals surface area contributed by atoms with Crippen LogP contribution in [0, 0.1) is 0 Å². The standard InChI is InChI=1S/C11H17N3O2.CH3Cl/c1-7(15)10(13-2)11(16)14-9-6-4-3-5-8(9)12;1-2/h3-7,10,13,15H,12H2,1-2H3,(H,14,16);1H3/t7-,10+;/m1./s1. The monoisotopic (exact) mass is 273 g/mol. The number of amides is 1. The normalized spacial score (nSPS) is 12.9. The Bertz CT molecular complexity index is 372. The van der Waals surface area contributed by atoms with Gasteiger partial charge in [0.25, 0.3) is 0 Å². The molecule has 0 radical (unpaired) electrons. The van der Waals surface area contributed by atoms with Crippen molar-refractivity contribution in [1.82, 2.24) is 5.32 Å². The molecule has 1 aromatic carbocycles. The first-order valence-corrected chi connectivity index (χ1v) is 6.20. The van der Waals surface area contributed by atoms with Crippen molar-refractivity contribution in [3.05, 3.63) is 24.3 Å². The largest absolute Gasteiger partial charge is 0.397 e. The van der Waals surface area contributed by atoms with Crippen LogP contribution in [0.2, 0.25) is 0 Å². The number of hydrogen-bond acceptors (Lipinski definition) is 4. The highest BCUT2D eigenvalue weighted by molar-refractivity contribution is 6.15. The number of rotatable bonds is 4. The molecule has 6 heteroatoms. The molecule has 102 valence electrons. The van der Waals surface area contributed by atoms with Crippen molar-refractivity contribution in [2.45, 2.75) is 19.1 Å². The van der Waals surface area contributed by atoms with Gasteiger partial charge in [-0.05, 0) is 26.1 Å². The van der Waals surface area contributed by atoms with E-state index < -0.39 is 12.1 Å². The minimum Gasteiger partial charge on any atom is -0.397 e. The van der Waals surface area contributed by atoms with Gasteiger partial charge in [0, 0.05) is 6.38 Å². The predicted octanol–water partition coefficient (Wildman–Crippen LogP) is 1.03. The molecule has 0 heterocycles. The number of likely N-dealkylation sites (N-methyl/N-ethyl adjacent to an activating group) is 1. The van der Waals surface area contributed by atoms with Crippen LogP contribution in [-0.4, -0.2) is 36.6 Å². The second-order valence-corrected chi connectivity index (χ2v) is 3.58. The Morgan fingerprint density at radius 2 is 1.94 bits per heavy atom. The van der Waals surface area contributed by atoms with Crippen LogP contribution >= 0.6 is 11.6 Å². The summed E-state index contributed by atoms with van der Waals surface area (Å²) in [6.07, 6.45) is 0.704. The van der Waals surface area contributed by atoms with Gasteiger partial charge in [0.15, 0.2) is 0 Å². The van der Waals surface area contributed by atoms with Gasteiger partial charge in [0.1, 0.15) is 6.04 Å². The summed E-state index contributed by atoms with van der Waals surface area (Å²) >= 11 is 4.64. The first-order valence-electron chi connectivity index (χ1n) is 5.44. The van der Waals surface area contributed by atoms with Crippen molar-refractivity contribution >= 4 is 28.9 Å². The fraction of sp³-hybridized carbons (Fsp3) is 0.417. The molecule has 5 N–H and O–H groups in total. The van der Waals surface area contributed by atoms with E-state index in [2.05, 4.69) is 22.2 Å². The number of nitrogen functional groups attached to an aromatic ring is 1. The Morgan fingerprint density at radius 3 is 2.39 bits per heavy atom. The number of aliphatic hydroxyl groups excluding tert-OH is 1. The molecule has 0 spiro atoms. The summed E-state index contributed by atoms with van der Waals surface area (Å²) in [5.41, 5.74) is 6.73. The maximum atomic E-state index is 11.7. The molecule has 0 fully saturated rings. The number of alkyl halides is 1. The molecule has 1 aromatic rings. The quantitative estimate of drug-likeness (QED) is 0.487. The fourth-order valence-electron chi connectivity index (χ4n) is 1.41. The summed E-state index contributed by atoms with van der Waals surface area (Å²) in [4.78, 5) is 11.7. The number of halogens is 1. The number of nitrogens with two attached hydrogens (primary N) is 1. The third-order valence-corrected chi connectivity index (χ3v) is 2.29. The maximum absolute atomic E-state index is 11.7. The number of benzene rings is 1. The van der Waals surface area contributed by atoms with Crippen LogP contribution in [0.5, 0.6) is 0 Å². The first kappa shape index (κ1) is 16.7. The second kappa shape index (κ2) is 8.74. The van der Waals surface area contributed by atoms with Crippen LogP contribution in [0.15, 0.2) is 24.3 Å². The van der Waals surface area contributed by atoms with Gasteiger partial charge in [-0.15, -0.1) is 11.6 Å². The lowest BCUT2D eigenvalue weighted by Crippen LogP contribution is -2.46. The molecular formula is C12H20ClN3O2. The van der Waals surface area contributed by atoms with E-state index >= 15 is 0 Å². The molecule has 1 rings (SSSR count). The summed E-state index contributed by atoms with van der Waals surface area (Å²) < 4.78 is 0. The summed E-state index contributed by atoms with van der Waals surface area (Å²) in [5.74, 6) is -0.310. The van der Waals surface area contributed by atoms with Crippen LogP contribution in [0.25, 0.3) is 0 Å². The number of anilines is 2. The predicted molar refractivity (Wildman–Crippen MR) is 75.8 cm³/mol. The molecule has 18 heavy (non-hydrogen) atoms. The molecule has 0 aliphatic heterocycles.